The smallest absolute Gasteiger partial charge is 0.335 e. The van der Waals surface area contributed by atoms with E-state index < -0.39 is 11.9 Å². The first kappa shape index (κ1) is 16.7. The lowest BCUT2D eigenvalue weighted by Gasteiger charge is -2.29. The largest absolute Gasteiger partial charge is 0.478 e. The second-order valence-electron chi connectivity index (χ2n) is 6.22. The van der Waals surface area contributed by atoms with Crippen molar-refractivity contribution in [2.75, 3.05) is 0 Å². The van der Waals surface area contributed by atoms with E-state index in [0.717, 1.165) is 22.3 Å². The third kappa shape index (κ3) is 2.97. The average Bonchev–Trinajstić information content (AvgIpc) is 2.49. The fourth-order valence-electron chi connectivity index (χ4n) is 2.91. The highest BCUT2D eigenvalue weighted by molar-refractivity contribution is 5.90. The van der Waals surface area contributed by atoms with Gasteiger partial charge in [0.15, 0.2) is 0 Å². The third-order valence-corrected chi connectivity index (χ3v) is 4.54. The van der Waals surface area contributed by atoms with Crippen molar-refractivity contribution in [3.05, 3.63) is 69.8 Å². The molecule has 0 amide bonds. The van der Waals surface area contributed by atoms with Crippen LogP contribution in [0.25, 0.3) is 0 Å². The maximum absolute atomic E-state index is 11.3. The molecule has 0 saturated heterocycles. The van der Waals surface area contributed by atoms with Crippen molar-refractivity contribution in [2.24, 2.45) is 0 Å². The molecule has 0 aliphatic rings. The molecule has 23 heavy (non-hydrogen) atoms. The van der Waals surface area contributed by atoms with Crippen molar-refractivity contribution in [2.45, 2.75) is 33.1 Å². The maximum atomic E-state index is 11.3. The predicted octanol–water partition coefficient (Wildman–Crippen LogP) is 4.03. The Labute approximate surface area is 135 Å². The number of rotatable bonds is 4. The predicted molar refractivity (Wildman–Crippen MR) is 88.4 cm³/mol. The number of benzene rings is 2. The molecule has 0 saturated carbocycles. The monoisotopic (exact) mass is 312 g/mol. The van der Waals surface area contributed by atoms with Crippen LogP contribution < -0.4 is 0 Å². The fourth-order valence-corrected chi connectivity index (χ4v) is 2.91. The van der Waals surface area contributed by atoms with Gasteiger partial charge in [0.1, 0.15) is 0 Å². The Morgan fingerprint density at radius 2 is 1.39 bits per heavy atom. The van der Waals surface area contributed by atoms with E-state index in [2.05, 4.69) is 0 Å². The molecule has 0 aliphatic heterocycles. The van der Waals surface area contributed by atoms with Crippen molar-refractivity contribution in [3.63, 3.8) is 0 Å². The molecule has 0 unspecified atom stereocenters. The van der Waals surface area contributed by atoms with Crippen LogP contribution in [0.3, 0.4) is 0 Å². The molecule has 0 atom stereocenters. The van der Waals surface area contributed by atoms with Crippen LogP contribution in [0.15, 0.2) is 36.4 Å². The molecule has 0 aliphatic carbocycles. The summed E-state index contributed by atoms with van der Waals surface area (Å²) in [5, 5.41) is 18.2. The van der Waals surface area contributed by atoms with Crippen LogP contribution in [0.2, 0.25) is 0 Å². The van der Waals surface area contributed by atoms with Crippen molar-refractivity contribution in [1.29, 1.82) is 0 Å². The molecule has 0 heterocycles. The van der Waals surface area contributed by atoms with Gasteiger partial charge in [0.2, 0.25) is 0 Å². The zero-order chi connectivity index (χ0) is 17.4. The van der Waals surface area contributed by atoms with E-state index in [1.807, 2.05) is 45.9 Å². The Balaban J connectivity index is 2.53. The third-order valence-electron chi connectivity index (χ3n) is 4.54. The Morgan fingerprint density at radius 1 is 0.826 bits per heavy atom. The zero-order valence-corrected chi connectivity index (χ0v) is 13.7. The van der Waals surface area contributed by atoms with Crippen LogP contribution in [0, 0.1) is 13.8 Å². The van der Waals surface area contributed by atoms with E-state index in [4.69, 9.17) is 5.11 Å². The van der Waals surface area contributed by atoms with E-state index in [1.165, 1.54) is 0 Å². The summed E-state index contributed by atoms with van der Waals surface area (Å²) in [5.41, 5.74) is 3.91. The summed E-state index contributed by atoms with van der Waals surface area (Å²) in [6, 6.07) is 10.3. The Bertz CT molecular complexity index is 771. The number of hydrogen-bond donors (Lipinski definition) is 2. The van der Waals surface area contributed by atoms with Gasteiger partial charge in [0.25, 0.3) is 0 Å². The van der Waals surface area contributed by atoms with Crippen molar-refractivity contribution >= 4 is 11.9 Å². The fraction of sp³-hybridized carbons (Fsp3) is 0.263. The molecule has 4 nitrogen and oxygen atoms in total. The summed E-state index contributed by atoms with van der Waals surface area (Å²) < 4.78 is 0. The number of carbonyl (C=O) groups is 2. The molecule has 120 valence electrons. The number of carboxylic acid groups (broad SMARTS) is 2. The van der Waals surface area contributed by atoms with Crippen LogP contribution in [0.4, 0.5) is 0 Å². The molecule has 0 radical (unpaired) electrons. The molecule has 0 fully saturated rings. The molecule has 2 rings (SSSR count). The maximum Gasteiger partial charge on any atom is 0.335 e. The normalized spacial score (nSPS) is 11.3. The van der Waals surface area contributed by atoms with E-state index in [0.29, 0.717) is 5.56 Å². The van der Waals surface area contributed by atoms with E-state index in [9.17, 15) is 14.7 Å². The minimum atomic E-state index is -0.952. The summed E-state index contributed by atoms with van der Waals surface area (Å²) in [4.78, 5) is 22.2. The zero-order valence-electron chi connectivity index (χ0n) is 13.7. The van der Waals surface area contributed by atoms with Crippen LogP contribution in [-0.2, 0) is 5.41 Å². The molecule has 0 spiro atoms. The number of aromatic carboxylic acids is 2. The Hall–Kier alpha value is -2.62. The van der Waals surface area contributed by atoms with Crippen molar-refractivity contribution in [3.8, 4) is 0 Å². The molecule has 2 N–H and O–H groups in total. The number of carboxylic acids is 2. The van der Waals surface area contributed by atoms with Gasteiger partial charge in [-0.25, -0.2) is 9.59 Å². The average molecular weight is 312 g/mol. The topological polar surface area (TPSA) is 74.6 Å². The van der Waals surface area contributed by atoms with E-state index in [-0.39, 0.29) is 11.0 Å². The van der Waals surface area contributed by atoms with Gasteiger partial charge in [-0.1, -0.05) is 32.0 Å². The molecule has 4 heteroatoms. The van der Waals surface area contributed by atoms with Gasteiger partial charge in [0.05, 0.1) is 11.1 Å². The molecular weight excluding hydrogens is 292 g/mol. The lowest BCUT2D eigenvalue weighted by molar-refractivity contribution is 0.0685. The van der Waals surface area contributed by atoms with Crippen molar-refractivity contribution < 1.29 is 19.8 Å². The minimum Gasteiger partial charge on any atom is -0.478 e. The second-order valence-corrected chi connectivity index (χ2v) is 6.22. The first-order valence-corrected chi connectivity index (χ1v) is 7.34. The van der Waals surface area contributed by atoms with Gasteiger partial charge in [-0.2, -0.15) is 0 Å². The lowest BCUT2D eigenvalue weighted by Crippen LogP contribution is -2.21. The van der Waals surface area contributed by atoms with Crippen LogP contribution in [0.5, 0.6) is 0 Å². The summed E-state index contributed by atoms with van der Waals surface area (Å²) in [6.07, 6.45) is 0. The Kier molecular flexibility index (Phi) is 4.28. The first-order valence-electron chi connectivity index (χ1n) is 7.34. The highest BCUT2D eigenvalue weighted by Gasteiger charge is 2.27. The standard InChI is InChI=1S/C19H20O4/c1-11-12(2)16(10-9-15(11)18(22)23)19(3,4)14-7-5-13(6-8-14)17(20)21/h5-10H,1-4H3,(H,20,21)(H,22,23). The molecule has 2 aromatic carbocycles. The quantitative estimate of drug-likeness (QED) is 0.894. The molecule has 0 bridgehead atoms. The van der Waals surface area contributed by atoms with Crippen LogP contribution in [-0.4, -0.2) is 22.2 Å². The molecule has 0 aromatic heterocycles. The SMILES string of the molecule is Cc1c(C(=O)O)ccc(C(C)(C)c2ccc(C(=O)O)cc2)c1C. The second kappa shape index (κ2) is 5.88. The molecule has 2 aromatic rings. The van der Waals surface area contributed by atoms with Crippen molar-refractivity contribution in [1.82, 2.24) is 0 Å². The van der Waals surface area contributed by atoms with Gasteiger partial charge >= 0.3 is 11.9 Å². The molecular formula is C19H20O4. The number of hydrogen-bond acceptors (Lipinski definition) is 2. The van der Waals surface area contributed by atoms with Gasteiger partial charge in [0, 0.05) is 5.41 Å². The summed E-state index contributed by atoms with van der Waals surface area (Å²) in [6.45, 7) is 7.83. The van der Waals surface area contributed by atoms with Gasteiger partial charge in [-0.3, -0.25) is 0 Å². The van der Waals surface area contributed by atoms with Gasteiger partial charge in [-0.05, 0) is 54.3 Å². The van der Waals surface area contributed by atoms with E-state index >= 15 is 0 Å². The summed E-state index contributed by atoms with van der Waals surface area (Å²) in [5.74, 6) is -1.88. The minimum absolute atomic E-state index is 0.249. The van der Waals surface area contributed by atoms with Gasteiger partial charge < -0.3 is 10.2 Å². The highest BCUT2D eigenvalue weighted by Crippen LogP contribution is 2.35. The lowest BCUT2D eigenvalue weighted by atomic mass is 9.75. The van der Waals surface area contributed by atoms with Crippen LogP contribution in [0.1, 0.15) is 56.8 Å². The highest BCUT2D eigenvalue weighted by atomic mass is 16.4. The van der Waals surface area contributed by atoms with Gasteiger partial charge in [-0.15, -0.1) is 0 Å². The first-order chi connectivity index (χ1) is 10.7. The summed E-state index contributed by atoms with van der Waals surface area (Å²) in [7, 11) is 0. The summed E-state index contributed by atoms with van der Waals surface area (Å²) >= 11 is 0. The van der Waals surface area contributed by atoms with Crippen LogP contribution >= 0.6 is 0 Å². The van der Waals surface area contributed by atoms with E-state index in [1.54, 1.807) is 18.2 Å². The Morgan fingerprint density at radius 3 is 1.87 bits per heavy atom.